The van der Waals surface area contributed by atoms with Gasteiger partial charge in [-0.15, -0.1) is 0 Å². The van der Waals surface area contributed by atoms with E-state index in [0.717, 1.165) is 32.0 Å². The topological polar surface area (TPSA) is 90.5 Å². The minimum Gasteiger partial charge on any atom is -0.480 e. The number of sulfonamides is 1. The number of carbonyl (C=O) groups is 1. The Bertz CT molecular complexity index is 1190. The number of nitrogens with zero attached hydrogens (tertiary/aromatic N) is 1. The maximum atomic E-state index is 13.3. The van der Waals surface area contributed by atoms with E-state index in [2.05, 4.69) is 25.8 Å². The van der Waals surface area contributed by atoms with E-state index in [9.17, 15) is 18.3 Å². The Kier molecular flexibility index (Phi) is 4.55. The highest BCUT2D eigenvalue weighted by Gasteiger charge is 2.41. The van der Waals surface area contributed by atoms with E-state index in [1.165, 1.54) is 0 Å². The number of fused-ring (bicyclic) bond motifs is 3. The van der Waals surface area contributed by atoms with Crippen LogP contribution >= 0.6 is 0 Å². The van der Waals surface area contributed by atoms with Crippen LogP contribution in [0.1, 0.15) is 37.6 Å². The molecule has 0 amide bonds. The number of carboxylic acids is 1. The van der Waals surface area contributed by atoms with Gasteiger partial charge in [-0.3, -0.25) is 4.79 Å². The van der Waals surface area contributed by atoms with Crippen molar-refractivity contribution in [2.24, 2.45) is 0 Å². The first-order valence-electron chi connectivity index (χ1n) is 9.52. The highest BCUT2D eigenvalue weighted by Crippen LogP contribution is 2.34. The number of para-hydroxylation sites is 1. The fraction of sp³-hybridized carbons (Fsp3) is 0.318. The van der Waals surface area contributed by atoms with E-state index in [1.54, 1.807) is 24.3 Å². The number of aliphatic carboxylic acids is 1. The molecule has 0 saturated heterocycles. The summed E-state index contributed by atoms with van der Waals surface area (Å²) in [4.78, 5) is 15.3. The molecule has 0 bridgehead atoms. The molecule has 2 heterocycles. The van der Waals surface area contributed by atoms with Crippen LogP contribution in [0, 0.1) is 0 Å². The quantitative estimate of drug-likeness (QED) is 0.687. The van der Waals surface area contributed by atoms with Crippen LogP contribution in [0.15, 0.2) is 53.4 Å². The number of hydrogen-bond donors (Lipinski definition) is 2. The Morgan fingerprint density at radius 3 is 2.38 bits per heavy atom. The molecule has 3 aromatic rings. The van der Waals surface area contributed by atoms with Gasteiger partial charge in [0.25, 0.3) is 0 Å². The van der Waals surface area contributed by atoms with Crippen molar-refractivity contribution >= 4 is 26.9 Å². The van der Waals surface area contributed by atoms with Crippen molar-refractivity contribution in [3.8, 4) is 0 Å². The predicted molar refractivity (Wildman–Crippen MR) is 111 cm³/mol. The summed E-state index contributed by atoms with van der Waals surface area (Å²) in [6.45, 7) is 6.17. The molecule has 1 unspecified atom stereocenters. The summed E-state index contributed by atoms with van der Waals surface area (Å²) in [6, 6.07) is 13.2. The third kappa shape index (κ3) is 3.34. The zero-order valence-electron chi connectivity index (χ0n) is 16.6. The van der Waals surface area contributed by atoms with Gasteiger partial charge in [-0.05, 0) is 34.7 Å². The maximum absolute atomic E-state index is 13.3. The van der Waals surface area contributed by atoms with Gasteiger partial charge in [0.1, 0.15) is 6.04 Å². The minimum absolute atomic E-state index is 0.00430. The van der Waals surface area contributed by atoms with E-state index in [-0.39, 0.29) is 23.3 Å². The van der Waals surface area contributed by atoms with Gasteiger partial charge in [0.15, 0.2) is 0 Å². The van der Waals surface area contributed by atoms with E-state index in [0.29, 0.717) is 0 Å². The second-order valence-corrected chi connectivity index (χ2v) is 10.4. The van der Waals surface area contributed by atoms with Gasteiger partial charge in [0.2, 0.25) is 10.0 Å². The summed E-state index contributed by atoms with van der Waals surface area (Å²) in [5.41, 5.74) is 3.43. The molecular weight excluding hydrogens is 388 g/mol. The molecule has 0 saturated carbocycles. The van der Waals surface area contributed by atoms with Crippen LogP contribution in [0.25, 0.3) is 10.9 Å². The summed E-state index contributed by atoms with van der Waals surface area (Å²) >= 11 is 0. The number of aromatic nitrogens is 1. The highest BCUT2D eigenvalue weighted by atomic mass is 32.2. The second-order valence-electron chi connectivity index (χ2n) is 8.51. The lowest BCUT2D eigenvalue weighted by Gasteiger charge is -2.32. The van der Waals surface area contributed by atoms with E-state index in [4.69, 9.17) is 0 Å². The fourth-order valence-corrected chi connectivity index (χ4v) is 5.46. The molecule has 1 atom stereocenters. The summed E-state index contributed by atoms with van der Waals surface area (Å²) in [6.07, 6.45) is 0.133. The average Bonchev–Trinajstić information content (AvgIpc) is 3.04. The van der Waals surface area contributed by atoms with Crippen LogP contribution in [-0.4, -0.2) is 34.8 Å². The van der Waals surface area contributed by atoms with Crippen molar-refractivity contribution < 1.29 is 18.3 Å². The monoisotopic (exact) mass is 412 g/mol. The molecule has 2 N–H and O–H groups in total. The third-order valence-corrected chi connectivity index (χ3v) is 7.44. The van der Waals surface area contributed by atoms with Crippen molar-refractivity contribution in [2.45, 2.75) is 50.1 Å². The lowest BCUT2D eigenvalue weighted by atomic mass is 9.87. The Morgan fingerprint density at radius 2 is 1.76 bits per heavy atom. The molecule has 29 heavy (non-hydrogen) atoms. The van der Waals surface area contributed by atoms with Crippen molar-refractivity contribution in [2.75, 3.05) is 0 Å². The zero-order chi connectivity index (χ0) is 21.0. The number of carboxylic acid groups (broad SMARTS) is 1. The molecule has 4 rings (SSSR count). The first-order valence-corrected chi connectivity index (χ1v) is 11.0. The van der Waals surface area contributed by atoms with Gasteiger partial charge in [-0.2, -0.15) is 4.31 Å². The number of hydrogen-bond acceptors (Lipinski definition) is 3. The van der Waals surface area contributed by atoms with Gasteiger partial charge in [-0.1, -0.05) is 51.1 Å². The SMILES string of the molecule is CC(C)(C)c1ccc(S(=O)(=O)N2Cc3[nH]c4ccccc4c3CC2C(=O)O)cc1. The molecule has 0 spiro atoms. The number of nitrogens with one attached hydrogen (secondary N) is 1. The summed E-state index contributed by atoms with van der Waals surface area (Å²) in [5, 5.41) is 10.7. The van der Waals surface area contributed by atoms with Gasteiger partial charge < -0.3 is 10.1 Å². The number of H-pyrrole nitrogens is 1. The Morgan fingerprint density at radius 1 is 1.10 bits per heavy atom. The average molecular weight is 413 g/mol. The summed E-state index contributed by atoms with van der Waals surface area (Å²) in [7, 11) is -3.97. The smallest absolute Gasteiger partial charge is 0.322 e. The van der Waals surface area contributed by atoms with Crippen LogP contribution in [-0.2, 0) is 33.2 Å². The summed E-state index contributed by atoms with van der Waals surface area (Å²) in [5.74, 6) is -1.14. The first kappa shape index (κ1) is 19.7. The molecule has 1 aliphatic rings. The molecule has 1 aromatic heterocycles. The Hall–Kier alpha value is -2.64. The van der Waals surface area contributed by atoms with E-state index >= 15 is 0 Å². The first-order chi connectivity index (χ1) is 13.6. The molecular formula is C22H24N2O4S. The van der Waals surface area contributed by atoms with Crippen molar-refractivity contribution in [3.05, 3.63) is 65.4 Å². The van der Waals surface area contributed by atoms with Crippen LogP contribution in [0.4, 0.5) is 0 Å². The van der Waals surface area contributed by atoms with Crippen molar-refractivity contribution in [1.82, 2.24) is 9.29 Å². The molecule has 152 valence electrons. The normalized spacial score (nSPS) is 18.0. The van der Waals surface area contributed by atoms with Gasteiger partial charge in [-0.25, -0.2) is 8.42 Å². The molecule has 1 aliphatic heterocycles. The van der Waals surface area contributed by atoms with Gasteiger partial charge in [0.05, 0.1) is 11.4 Å². The lowest BCUT2D eigenvalue weighted by Crippen LogP contribution is -2.48. The van der Waals surface area contributed by atoms with Crippen LogP contribution in [0.2, 0.25) is 0 Å². The zero-order valence-corrected chi connectivity index (χ0v) is 17.5. The second kappa shape index (κ2) is 6.71. The fourth-order valence-electron chi connectivity index (χ4n) is 3.91. The molecule has 0 fully saturated rings. The molecule has 0 radical (unpaired) electrons. The third-order valence-electron chi connectivity index (χ3n) is 5.57. The standard InChI is InChI=1S/C22H24N2O4S/c1-22(2,3)14-8-10-15(11-9-14)29(27,28)24-13-19-17(12-20(24)21(25)26)16-6-4-5-7-18(16)23-19/h4-11,20,23H,12-13H2,1-3H3,(H,25,26). The Labute approximate surface area is 170 Å². The van der Waals surface area contributed by atoms with Gasteiger partial charge in [0, 0.05) is 23.0 Å². The van der Waals surface area contributed by atoms with Gasteiger partial charge >= 0.3 is 5.97 Å². The number of benzene rings is 2. The van der Waals surface area contributed by atoms with Crippen LogP contribution < -0.4 is 0 Å². The van der Waals surface area contributed by atoms with Crippen molar-refractivity contribution in [1.29, 1.82) is 0 Å². The number of rotatable bonds is 3. The predicted octanol–water partition coefficient (Wildman–Crippen LogP) is 3.67. The van der Waals surface area contributed by atoms with Crippen LogP contribution in [0.3, 0.4) is 0 Å². The Balaban J connectivity index is 1.76. The molecule has 0 aliphatic carbocycles. The van der Waals surface area contributed by atoms with Crippen LogP contribution in [0.5, 0.6) is 0 Å². The summed E-state index contributed by atoms with van der Waals surface area (Å²) < 4.78 is 27.8. The molecule has 6 nitrogen and oxygen atoms in total. The molecule has 2 aromatic carbocycles. The largest absolute Gasteiger partial charge is 0.480 e. The maximum Gasteiger partial charge on any atom is 0.322 e. The van der Waals surface area contributed by atoms with E-state index < -0.39 is 22.0 Å². The molecule has 7 heteroatoms. The number of aromatic amines is 1. The van der Waals surface area contributed by atoms with E-state index in [1.807, 2.05) is 24.3 Å². The lowest BCUT2D eigenvalue weighted by molar-refractivity contribution is -0.141. The minimum atomic E-state index is -3.97. The highest BCUT2D eigenvalue weighted by molar-refractivity contribution is 7.89. The van der Waals surface area contributed by atoms with Crippen molar-refractivity contribution in [3.63, 3.8) is 0 Å².